The fourth-order valence-electron chi connectivity index (χ4n) is 5.19. The van der Waals surface area contributed by atoms with Crippen LogP contribution >= 0.6 is 0 Å². The molecule has 8 nitrogen and oxygen atoms in total. The van der Waals surface area contributed by atoms with Crippen molar-refractivity contribution >= 4 is 11.9 Å². The molecule has 4 N–H and O–H groups in total. The van der Waals surface area contributed by atoms with Crippen LogP contribution in [0, 0.1) is 0 Å². The highest BCUT2D eigenvalue weighted by Crippen LogP contribution is 2.35. The minimum atomic E-state index is -5.08. The summed E-state index contributed by atoms with van der Waals surface area (Å²) < 4.78 is 63.5. The van der Waals surface area contributed by atoms with Crippen molar-refractivity contribution in [3.8, 4) is 0 Å². The molecule has 4 heterocycles. The molecule has 4 aliphatic rings. The van der Waals surface area contributed by atoms with Crippen molar-refractivity contribution in [3.63, 3.8) is 0 Å². The summed E-state index contributed by atoms with van der Waals surface area (Å²) in [6, 6.07) is 0. The van der Waals surface area contributed by atoms with E-state index in [0.717, 1.165) is 0 Å². The van der Waals surface area contributed by atoms with Crippen LogP contribution in [0.15, 0.2) is 0 Å². The third-order valence-corrected chi connectivity index (χ3v) is 7.44. The number of nitrogens with zero attached hydrogens (tertiary/aromatic N) is 2. The van der Waals surface area contributed by atoms with Gasteiger partial charge in [0.15, 0.2) is 0 Å². The van der Waals surface area contributed by atoms with Crippen LogP contribution in [0.4, 0.5) is 26.3 Å². The Morgan fingerprint density at radius 3 is 1.06 bits per heavy atom. The van der Waals surface area contributed by atoms with E-state index in [1.54, 1.807) is 0 Å². The zero-order valence-electron chi connectivity index (χ0n) is 20.8. The molecule has 0 aromatic heterocycles. The normalized spacial score (nSPS) is 23.6. The van der Waals surface area contributed by atoms with Crippen molar-refractivity contribution in [2.24, 2.45) is 0 Å². The van der Waals surface area contributed by atoms with Crippen molar-refractivity contribution in [2.75, 3.05) is 53.4 Å². The van der Waals surface area contributed by atoms with Crippen LogP contribution in [0.25, 0.3) is 0 Å². The number of carboxylic acids is 2. The smallest absolute Gasteiger partial charge is 0.475 e. The average Bonchev–Trinajstić information content (AvgIpc) is 3.31. The fraction of sp³-hybridized carbons (Fsp3) is 0.909. The van der Waals surface area contributed by atoms with E-state index in [9.17, 15) is 26.3 Å². The summed E-state index contributed by atoms with van der Waals surface area (Å²) in [7, 11) is 4.58. The van der Waals surface area contributed by atoms with Crippen LogP contribution in [0.1, 0.15) is 51.4 Å². The second-order valence-electron chi connectivity index (χ2n) is 9.60. The first-order chi connectivity index (χ1) is 16.6. The summed E-state index contributed by atoms with van der Waals surface area (Å²) in [5.41, 5.74) is 1.20. The minimum Gasteiger partial charge on any atom is -0.475 e. The van der Waals surface area contributed by atoms with E-state index in [2.05, 4.69) is 34.5 Å². The van der Waals surface area contributed by atoms with Gasteiger partial charge in [-0.15, -0.1) is 0 Å². The predicted octanol–water partition coefficient (Wildman–Crippen LogP) is 2.93. The third-order valence-electron chi connectivity index (χ3n) is 7.44. The predicted molar refractivity (Wildman–Crippen MR) is 121 cm³/mol. The van der Waals surface area contributed by atoms with Gasteiger partial charge in [0.2, 0.25) is 0 Å². The van der Waals surface area contributed by atoms with Crippen molar-refractivity contribution in [3.05, 3.63) is 0 Å². The number of likely N-dealkylation sites (tertiary alicyclic amines) is 2. The Morgan fingerprint density at radius 2 is 0.889 bits per heavy atom. The Labute approximate surface area is 207 Å². The van der Waals surface area contributed by atoms with Gasteiger partial charge in [-0.3, -0.25) is 0 Å². The van der Waals surface area contributed by atoms with Crippen LogP contribution in [-0.4, -0.2) is 109 Å². The standard InChI is InChI=1S/2C9H18N2.2C2HF3O2/c2*1-11-8-2-3-9(11)4-6-10-7-5-9;2*3-2(4,5)1(6)7/h2*10H,2-8H2,1H3;2*(H,6,7). The Kier molecular flexibility index (Phi) is 12.4. The molecule has 4 saturated heterocycles. The molecule has 0 amide bonds. The largest absolute Gasteiger partial charge is 0.490 e. The number of carbonyl (C=O) groups is 2. The Morgan fingerprint density at radius 1 is 0.639 bits per heavy atom. The maximum atomic E-state index is 10.6. The van der Waals surface area contributed by atoms with Gasteiger partial charge >= 0.3 is 24.3 Å². The molecule has 0 unspecified atom stereocenters. The summed E-state index contributed by atoms with van der Waals surface area (Å²) >= 11 is 0. The van der Waals surface area contributed by atoms with E-state index in [0.29, 0.717) is 11.1 Å². The van der Waals surface area contributed by atoms with Crippen molar-refractivity contribution in [2.45, 2.75) is 74.8 Å². The first kappa shape index (κ1) is 32.4. The second kappa shape index (κ2) is 13.8. The van der Waals surface area contributed by atoms with Crippen LogP contribution in [0.3, 0.4) is 0 Å². The van der Waals surface area contributed by atoms with E-state index < -0.39 is 24.3 Å². The van der Waals surface area contributed by atoms with E-state index in [4.69, 9.17) is 19.8 Å². The van der Waals surface area contributed by atoms with Crippen LogP contribution < -0.4 is 10.6 Å². The number of hydrogen-bond acceptors (Lipinski definition) is 6. The van der Waals surface area contributed by atoms with E-state index in [1.807, 2.05) is 0 Å². The zero-order valence-corrected chi connectivity index (χ0v) is 20.8. The van der Waals surface area contributed by atoms with E-state index in [1.165, 1.54) is 90.6 Å². The molecule has 0 saturated carbocycles. The van der Waals surface area contributed by atoms with Gasteiger partial charge in [0, 0.05) is 11.1 Å². The molecule has 212 valence electrons. The molecular weight excluding hydrogens is 498 g/mol. The van der Waals surface area contributed by atoms with Crippen LogP contribution in [0.2, 0.25) is 0 Å². The van der Waals surface area contributed by atoms with Crippen molar-refractivity contribution < 1.29 is 46.1 Å². The van der Waals surface area contributed by atoms with Gasteiger partial charge in [0.1, 0.15) is 0 Å². The molecule has 4 rings (SSSR count). The first-order valence-corrected chi connectivity index (χ1v) is 12.0. The molecule has 4 fully saturated rings. The molecule has 0 bridgehead atoms. The lowest BCUT2D eigenvalue weighted by Crippen LogP contribution is -2.49. The number of hydrogen-bond donors (Lipinski definition) is 4. The number of carboxylic acid groups (broad SMARTS) is 2. The molecule has 4 aliphatic heterocycles. The maximum absolute atomic E-state index is 10.6. The summed E-state index contributed by atoms with van der Waals surface area (Å²) in [6.07, 6.45) is 0.989. The van der Waals surface area contributed by atoms with E-state index >= 15 is 0 Å². The molecule has 0 aliphatic carbocycles. The van der Waals surface area contributed by atoms with Crippen LogP contribution in [0.5, 0.6) is 0 Å². The first-order valence-electron chi connectivity index (χ1n) is 12.0. The zero-order chi connectivity index (χ0) is 27.6. The summed E-state index contributed by atoms with van der Waals surface area (Å²) in [5, 5.41) is 21.1. The number of aliphatic carboxylic acids is 2. The average molecular weight is 537 g/mol. The molecule has 0 aromatic rings. The molecule has 0 aromatic carbocycles. The summed E-state index contributed by atoms with van der Waals surface area (Å²) in [6.45, 7) is 7.54. The third kappa shape index (κ3) is 10.0. The van der Waals surface area contributed by atoms with Crippen molar-refractivity contribution in [1.82, 2.24) is 20.4 Å². The lowest BCUT2D eigenvalue weighted by atomic mass is 9.86. The number of rotatable bonds is 0. The van der Waals surface area contributed by atoms with E-state index in [-0.39, 0.29) is 0 Å². The van der Waals surface area contributed by atoms with Crippen molar-refractivity contribution in [1.29, 1.82) is 0 Å². The topological polar surface area (TPSA) is 105 Å². The highest BCUT2D eigenvalue weighted by molar-refractivity contribution is 5.73. The lowest BCUT2D eigenvalue weighted by Gasteiger charge is -2.39. The van der Waals surface area contributed by atoms with Gasteiger partial charge in [-0.25, -0.2) is 9.59 Å². The number of piperidine rings is 2. The lowest BCUT2D eigenvalue weighted by molar-refractivity contribution is -0.193. The van der Waals surface area contributed by atoms with Gasteiger partial charge < -0.3 is 30.6 Å². The fourth-order valence-corrected chi connectivity index (χ4v) is 5.19. The monoisotopic (exact) mass is 536 g/mol. The van der Waals surface area contributed by atoms with Gasteiger partial charge in [-0.1, -0.05) is 0 Å². The summed E-state index contributed by atoms with van der Waals surface area (Å²) in [5.74, 6) is -5.51. The molecule has 0 radical (unpaired) electrons. The van der Waals surface area contributed by atoms with Gasteiger partial charge in [-0.05, 0) is 105 Å². The summed E-state index contributed by atoms with van der Waals surface area (Å²) in [4.78, 5) is 22.9. The molecule has 2 spiro atoms. The number of halogens is 6. The molecule has 36 heavy (non-hydrogen) atoms. The molecular formula is C22H38F6N4O4. The second-order valence-corrected chi connectivity index (χ2v) is 9.60. The quantitative estimate of drug-likeness (QED) is 0.351. The molecule has 14 heteroatoms. The number of alkyl halides is 6. The molecule has 0 atom stereocenters. The highest BCUT2D eigenvalue weighted by Gasteiger charge is 2.40. The van der Waals surface area contributed by atoms with Gasteiger partial charge in [0.05, 0.1) is 0 Å². The Balaban J connectivity index is 0.000000247. The van der Waals surface area contributed by atoms with Gasteiger partial charge in [0.25, 0.3) is 0 Å². The van der Waals surface area contributed by atoms with Crippen LogP contribution in [-0.2, 0) is 9.59 Å². The maximum Gasteiger partial charge on any atom is 0.490 e. The Bertz CT molecular complexity index is 635. The Hall–Kier alpha value is -1.64. The van der Waals surface area contributed by atoms with Gasteiger partial charge in [-0.2, -0.15) is 26.3 Å². The number of nitrogens with one attached hydrogen (secondary N) is 2. The SMILES string of the molecule is CN1CCCC12CCNCC2.CN1CCCC12CCNCC2.O=C(O)C(F)(F)F.O=C(O)C(F)(F)F. The highest BCUT2D eigenvalue weighted by atomic mass is 19.4. The minimum absolute atomic E-state index is 0.602.